The molecule has 0 aromatic heterocycles. The van der Waals surface area contributed by atoms with Crippen LogP contribution in [0.4, 0.5) is 4.79 Å². The van der Waals surface area contributed by atoms with Gasteiger partial charge in [0.15, 0.2) is 0 Å². The molecule has 0 saturated carbocycles. The van der Waals surface area contributed by atoms with Gasteiger partial charge in [-0.3, -0.25) is 4.79 Å². The molecule has 2 saturated heterocycles. The van der Waals surface area contributed by atoms with Crippen molar-refractivity contribution in [1.29, 1.82) is 0 Å². The summed E-state index contributed by atoms with van der Waals surface area (Å²) in [4.78, 5) is 26.8. The first kappa shape index (κ1) is 15.1. The number of carboxylic acid groups (broad SMARTS) is 1. The number of carbonyl (C=O) groups is 2. The summed E-state index contributed by atoms with van der Waals surface area (Å²) in [6.07, 6.45) is 3.97. The number of urea groups is 1. The maximum atomic E-state index is 12.4. The third-order valence-electron chi connectivity index (χ3n) is 4.61. The lowest BCUT2D eigenvalue weighted by molar-refractivity contribution is -0.145. The SMILES string of the molecule is CC(C(=O)O)C1CN(C(=O)N2CCCCCC2CO)C1. The van der Waals surface area contributed by atoms with Gasteiger partial charge in [0.25, 0.3) is 0 Å². The average Bonchev–Trinajstić information content (AvgIpc) is 2.61. The van der Waals surface area contributed by atoms with Gasteiger partial charge in [0.1, 0.15) is 0 Å². The van der Waals surface area contributed by atoms with Crippen LogP contribution >= 0.6 is 0 Å². The van der Waals surface area contributed by atoms with E-state index >= 15 is 0 Å². The monoisotopic (exact) mass is 284 g/mol. The Kier molecular flexibility index (Phi) is 4.86. The van der Waals surface area contributed by atoms with E-state index in [1.807, 2.05) is 0 Å². The molecule has 0 bridgehead atoms. The van der Waals surface area contributed by atoms with Crippen LogP contribution in [0.2, 0.25) is 0 Å². The number of carboxylic acids is 1. The fourth-order valence-electron chi connectivity index (χ4n) is 2.99. The van der Waals surface area contributed by atoms with Crippen molar-refractivity contribution in [2.75, 3.05) is 26.2 Å². The number of carbonyl (C=O) groups excluding carboxylic acids is 1. The second kappa shape index (κ2) is 6.43. The molecule has 2 atom stereocenters. The fraction of sp³-hybridized carbons (Fsp3) is 0.857. The molecule has 2 unspecified atom stereocenters. The molecule has 0 aliphatic carbocycles. The number of amides is 2. The number of rotatable bonds is 3. The Morgan fingerprint density at radius 1 is 1.25 bits per heavy atom. The minimum atomic E-state index is -0.801. The van der Waals surface area contributed by atoms with Crippen molar-refractivity contribution >= 4 is 12.0 Å². The second-order valence-corrected chi connectivity index (χ2v) is 5.95. The molecular weight excluding hydrogens is 260 g/mol. The van der Waals surface area contributed by atoms with Gasteiger partial charge >= 0.3 is 12.0 Å². The second-order valence-electron chi connectivity index (χ2n) is 5.95. The summed E-state index contributed by atoms with van der Waals surface area (Å²) in [5.41, 5.74) is 0. The van der Waals surface area contributed by atoms with Crippen molar-refractivity contribution in [2.24, 2.45) is 11.8 Å². The van der Waals surface area contributed by atoms with Crippen molar-refractivity contribution in [2.45, 2.75) is 38.6 Å². The van der Waals surface area contributed by atoms with Crippen molar-refractivity contribution in [3.05, 3.63) is 0 Å². The number of aliphatic hydroxyl groups is 1. The minimum absolute atomic E-state index is 0.00847. The molecule has 20 heavy (non-hydrogen) atoms. The molecule has 0 aromatic rings. The lowest BCUT2D eigenvalue weighted by atomic mass is 9.87. The Morgan fingerprint density at radius 3 is 2.55 bits per heavy atom. The number of likely N-dealkylation sites (tertiary alicyclic amines) is 2. The van der Waals surface area contributed by atoms with Gasteiger partial charge in [0.05, 0.1) is 18.6 Å². The van der Waals surface area contributed by atoms with Gasteiger partial charge in [-0.25, -0.2) is 4.79 Å². The van der Waals surface area contributed by atoms with E-state index in [-0.39, 0.29) is 24.6 Å². The van der Waals surface area contributed by atoms with Crippen LogP contribution in [0.25, 0.3) is 0 Å². The minimum Gasteiger partial charge on any atom is -0.481 e. The van der Waals surface area contributed by atoms with Crippen LogP contribution in [0, 0.1) is 11.8 Å². The molecule has 0 radical (unpaired) electrons. The molecule has 2 aliphatic heterocycles. The zero-order chi connectivity index (χ0) is 14.7. The predicted octanol–water partition coefficient (Wildman–Crippen LogP) is 0.996. The number of hydrogen-bond acceptors (Lipinski definition) is 3. The maximum absolute atomic E-state index is 12.4. The van der Waals surface area contributed by atoms with E-state index in [2.05, 4.69) is 0 Å². The molecule has 0 spiro atoms. The first-order chi connectivity index (χ1) is 9.54. The fourth-order valence-corrected chi connectivity index (χ4v) is 2.99. The number of nitrogens with zero attached hydrogens (tertiary/aromatic N) is 2. The smallest absolute Gasteiger partial charge is 0.320 e. The number of aliphatic hydroxyl groups excluding tert-OH is 1. The van der Waals surface area contributed by atoms with Crippen molar-refractivity contribution in [1.82, 2.24) is 9.80 Å². The van der Waals surface area contributed by atoms with Gasteiger partial charge < -0.3 is 20.0 Å². The van der Waals surface area contributed by atoms with Crippen LogP contribution in [-0.2, 0) is 4.79 Å². The Bertz CT molecular complexity index is 368. The van der Waals surface area contributed by atoms with E-state index in [0.717, 1.165) is 25.7 Å². The third kappa shape index (κ3) is 3.06. The van der Waals surface area contributed by atoms with Crippen molar-refractivity contribution in [3.63, 3.8) is 0 Å². The zero-order valence-electron chi connectivity index (χ0n) is 12.0. The summed E-state index contributed by atoms with van der Waals surface area (Å²) in [5, 5.41) is 18.4. The third-order valence-corrected chi connectivity index (χ3v) is 4.61. The van der Waals surface area contributed by atoms with Crippen LogP contribution in [0.15, 0.2) is 0 Å². The van der Waals surface area contributed by atoms with Gasteiger partial charge in [0, 0.05) is 25.6 Å². The molecule has 2 fully saturated rings. The zero-order valence-corrected chi connectivity index (χ0v) is 12.0. The lowest BCUT2D eigenvalue weighted by Crippen LogP contribution is -2.59. The molecular formula is C14H24N2O4. The van der Waals surface area contributed by atoms with Crippen LogP contribution < -0.4 is 0 Å². The van der Waals surface area contributed by atoms with E-state index in [0.29, 0.717) is 19.6 Å². The largest absolute Gasteiger partial charge is 0.481 e. The van der Waals surface area contributed by atoms with Gasteiger partial charge in [-0.1, -0.05) is 19.8 Å². The predicted molar refractivity (Wildman–Crippen MR) is 73.3 cm³/mol. The number of aliphatic carboxylic acids is 1. The highest BCUT2D eigenvalue weighted by Crippen LogP contribution is 2.27. The standard InChI is InChI=1S/C14H24N2O4/c1-10(13(18)19)11-7-15(8-11)14(20)16-6-4-2-3-5-12(16)9-17/h10-12,17H,2-9H2,1H3,(H,18,19). The highest BCUT2D eigenvalue weighted by atomic mass is 16.4. The molecule has 2 heterocycles. The van der Waals surface area contributed by atoms with Gasteiger partial charge in [-0.2, -0.15) is 0 Å². The maximum Gasteiger partial charge on any atom is 0.320 e. The number of hydrogen-bond donors (Lipinski definition) is 2. The highest BCUT2D eigenvalue weighted by Gasteiger charge is 2.40. The molecule has 2 aliphatic rings. The summed E-state index contributed by atoms with van der Waals surface area (Å²) in [6.45, 7) is 3.42. The molecule has 2 N–H and O–H groups in total. The molecule has 0 aromatic carbocycles. The van der Waals surface area contributed by atoms with Crippen LogP contribution in [-0.4, -0.2) is 64.3 Å². The summed E-state index contributed by atoms with van der Waals surface area (Å²) >= 11 is 0. The first-order valence-electron chi connectivity index (χ1n) is 7.43. The topological polar surface area (TPSA) is 81.1 Å². The summed E-state index contributed by atoms with van der Waals surface area (Å²) in [5.74, 6) is -1.15. The summed E-state index contributed by atoms with van der Waals surface area (Å²) in [6, 6.07) is -0.124. The van der Waals surface area contributed by atoms with Gasteiger partial charge in [-0.05, 0) is 12.8 Å². The van der Waals surface area contributed by atoms with Crippen molar-refractivity contribution in [3.8, 4) is 0 Å². The normalized spacial score (nSPS) is 25.8. The van der Waals surface area contributed by atoms with Crippen molar-refractivity contribution < 1.29 is 19.8 Å². The Hall–Kier alpha value is -1.30. The van der Waals surface area contributed by atoms with Crippen LogP contribution in [0.3, 0.4) is 0 Å². The van der Waals surface area contributed by atoms with Gasteiger partial charge in [0.2, 0.25) is 0 Å². The molecule has 2 amide bonds. The first-order valence-corrected chi connectivity index (χ1v) is 7.43. The van der Waals surface area contributed by atoms with Crippen LogP contribution in [0.5, 0.6) is 0 Å². The highest BCUT2D eigenvalue weighted by molar-refractivity contribution is 5.76. The Morgan fingerprint density at radius 2 is 1.95 bits per heavy atom. The summed E-state index contributed by atoms with van der Waals surface area (Å²) in [7, 11) is 0. The Labute approximate surface area is 119 Å². The molecule has 6 nitrogen and oxygen atoms in total. The molecule has 2 rings (SSSR count). The van der Waals surface area contributed by atoms with E-state index in [1.54, 1.807) is 16.7 Å². The van der Waals surface area contributed by atoms with Gasteiger partial charge in [-0.15, -0.1) is 0 Å². The quantitative estimate of drug-likeness (QED) is 0.810. The van der Waals surface area contributed by atoms with E-state index in [9.17, 15) is 14.7 Å². The summed E-state index contributed by atoms with van der Waals surface area (Å²) < 4.78 is 0. The van der Waals surface area contributed by atoms with E-state index in [4.69, 9.17) is 5.11 Å². The van der Waals surface area contributed by atoms with Crippen LogP contribution in [0.1, 0.15) is 32.6 Å². The lowest BCUT2D eigenvalue weighted by Gasteiger charge is -2.44. The van der Waals surface area contributed by atoms with E-state index < -0.39 is 11.9 Å². The average molecular weight is 284 g/mol. The molecule has 114 valence electrons. The molecule has 6 heteroatoms. The van der Waals surface area contributed by atoms with E-state index in [1.165, 1.54) is 0 Å². The Balaban J connectivity index is 1.90.